The van der Waals surface area contributed by atoms with Gasteiger partial charge in [0.25, 0.3) is 0 Å². The molecule has 1 aromatic rings. The van der Waals surface area contributed by atoms with E-state index in [0.29, 0.717) is 6.42 Å². The van der Waals surface area contributed by atoms with E-state index >= 15 is 0 Å². The van der Waals surface area contributed by atoms with E-state index in [2.05, 4.69) is 38.8 Å². The number of hydrogen-bond donors (Lipinski definition) is 0. The molecule has 2 heterocycles. The average Bonchev–Trinajstić information content (AvgIpc) is 2.71. The molecule has 0 N–H and O–H groups in total. The molecular weight excluding hydrogens is 414 g/mol. The van der Waals surface area contributed by atoms with E-state index in [1.54, 1.807) is 11.5 Å². The van der Waals surface area contributed by atoms with Crippen LogP contribution in [0.5, 0.6) is 0 Å². The van der Waals surface area contributed by atoms with Gasteiger partial charge in [-0.15, -0.1) is 0 Å². The first-order chi connectivity index (χ1) is 10.3. The van der Waals surface area contributed by atoms with Gasteiger partial charge in [-0.2, -0.15) is 4.57 Å². The first kappa shape index (κ1) is 17.6. The van der Waals surface area contributed by atoms with Crippen LogP contribution in [0.1, 0.15) is 39.5 Å². The van der Waals surface area contributed by atoms with E-state index in [-0.39, 0.29) is 24.2 Å². The maximum Gasteiger partial charge on any atom is 0.307 e. The van der Waals surface area contributed by atoms with Gasteiger partial charge in [0.2, 0.25) is 12.3 Å². The summed E-state index contributed by atoms with van der Waals surface area (Å²) in [5, 5.41) is 0. The van der Waals surface area contributed by atoms with Crippen LogP contribution >= 0.6 is 31.9 Å². The molecule has 120 valence electrons. The molecule has 1 aliphatic heterocycles. The second-order valence-corrected chi connectivity index (χ2v) is 7.72. The summed E-state index contributed by atoms with van der Waals surface area (Å²) < 4.78 is 8.98. The van der Waals surface area contributed by atoms with Gasteiger partial charge in [0, 0.05) is 5.92 Å². The smallest absolute Gasteiger partial charge is 0.307 e. The molecule has 4 nitrogen and oxygen atoms in total. The highest BCUT2D eigenvalue weighted by atomic mass is 79.9. The summed E-state index contributed by atoms with van der Waals surface area (Å²) in [6, 6.07) is 1.91. The van der Waals surface area contributed by atoms with Crippen LogP contribution in [0, 0.1) is 5.92 Å². The van der Waals surface area contributed by atoms with Gasteiger partial charge in [0.1, 0.15) is 0 Å². The maximum absolute atomic E-state index is 12.7. The lowest BCUT2D eigenvalue weighted by Crippen LogP contribution is -2.49. The number of rotatable bonds is 6. The van der Waals surface area contributed by atoms with Gasteiger partial charge in [0.15, 0.2) is 18.0 Å². The van der Waals surface area contributed by atoms with E-state index in [0.717, 1.165) is 28.2 Å². The van der Waals surface area contributed by atoms with E-state index in [4.69, 9.17) is 4.74 Å². The first-order valence-corrected chi connectivity index (χ1v) is 9.04. The van der Waals surface area contributed by atoms with E-state index < -0.39 is 5.60 Å². The third-order valence-electron chi connectivity index (χ3n) is 4.16. The minimum absolute atomic E-state index is 0.0244. The number of esters is 1. The molecule has 1 saturated heterocycles. The second kappa shape index (κ2) is 7.21. The minimum atomic E-state index is -1.01. The van der Waals surface area contributed by atoms with Crippen molar-refractivity contribution in [1.82, 2.24) is 0 Å². The normalized spacial score (nSPS) is 24.4. The van der Waals surface area contributed by atoms with Crippen molar-refractivity contribution in [3.63, 3.8) is 0 Å². The number of ketones is 1. The van der Waals surface area contributed by atoms with Crippen molar-refractivity contribution in [2.75, 3.05) is 0 Å². The van der Waals surface area contributed by atoms with Crippen LogP contribution in [0.4, 0.5) is 0 Å². The van der Waals surface area contributed by atoms with Crippen molar-refractivity contribution in [1.29, 1.82) is 0 Å². The molecule has 6 heteroatoms. The van der Waals surface area contributed by atoms with Crippen LogP contribution in [0.15, 0.2) is 27.4 Å². The number of Topliss-reactive ketones (excluding diaryl/α,β-unsaturated/α-hetero) is 1. The summed E-state index contributed by atoms with van der Waals surface area (Å²) in [7, 11) is 0. The number of carbonyl (C=O) groups is 2. The van der Waals surface area contributed by atoms with Crippen molar-refractivity contribution >= 4 is 43.6 Å². The van der Waals surface area contributed by atoms with Crippen LogP contribution in [0.25, 0.3) is 0 Å². The predicted octanol–water partition coefficient (Wildman–Crippen LogP) is 3.58. The number of nitrogens with zero attached hydrogens (tertiary/aromatic N) is 1. The van der Waals surface area contributed by atoms with Gasteiger partial charge in [0.05, 0.1) is 15.4 Å². The van der Waals surface area contributed by atoms with E-state index in [1.165, 1.54) is 0 Å². The molecule has 22 heavy (non-hydrogen) atoms. The Balaban J connectivity index is 2.16. The zero-order valence-electron chi connectivity index (χ0n) is 12.8. The average molecular weight is 434 g/mol. The van der Waals surface area contributed by atoms with Crippen molar-refractivity contribution in [3.8, 4) is 0 Å². The second-order valence-electron chi connectivity index (χ2n) is 5.89. The molecule has 0 bridgehead atoms. The van der Waals surface area contributed by atoms with Gasteiger partial charge < -0.3 is 4.74 Å². The fourth-order valence-electron chi connectivity index (χ4n) is 2.84. The highest BCUT2D eigenvalue weighted by Crippen LogP contribution is 2.37. The summed E-state index contributed by atoms with van der Waals surface area (Å²) in [6.07, 6.45) is 6.90. The zero-order chi connectivity index (χ0) is 16.3. The fraction of sp³-hybridized carbons (Fsp3) is 0.562. The topological polar surface area (TPSA) is 47.3 Å². The van der Waals surface area contributed by atoms with Crippen LogP contribution in [0.3, 0.4) is 0 Å². The first-order valence-electron chi connectivity index (χ1n) is 7.45. The Labute approximate surface area is 147 Å². The van der Waals surface area contributed by atoms with Crippen LogP contribution in [0.2, 0.25) is 0 Å². The number of carbonyl (C=O) groups excluding carboxylic acids is 2. The van der Waals surface area contributed by atoms with Gasteiger partial charge in [-0.05, 0) is 51.3 Å². The van der Waals surface area contributed by atoms with Crippen molar-refractivity contribution in [2.24, 2.45) is 5.92 Å². The molecule has 0 aromatic carbocycles. The Morgan fingerprint density at radius 2 is 2.05 bits per heavy atom. The molecule has 1 aromatic heterocycles. The van der Waals surface area contributed by atoms with Crippen LogP contribution in [-0.2, 0) is 20.9 Å². The number of hydrogen-bond acceptors (Lipinski definition) is 3. The number of aromatic nitrogens is 1. The third-order valence-corrected chi connectivity index (χ3v) is 5.03. The number of halogens is 2. The quantitative estimate of drug-likeness (QED) is 0.508. The molecule has 0 radical (unpaired) electrons. The lowest BCUT2D eigenvalue weighted by Gasteiger charge is -2.26. The number of cyclic esters (lactones) is 1. The molecule has 1 fully saturated rings. The predicted molar refractivity (Wildman–Crippen MR) is 89.2 cm³/mol. The third kappa shape index (κ3) is 3.96. The van der Waals surface area contributed by atoms with Crippen molar-refractivity contribution in [2.45, 2.75) is 51.7 Å². The molecule has 0 aliphatic carbocycles. The number of pyridine rings is 1. The summed E-state index contributed by atoms with van der Waals surface area (Å²) in [5.41, 5.74) is -1.01. The summed E-state index contributed by atoms with van der Waals surface area (Å²) >= 11 is 6.82. The SMILES string of the molecule is CCCC[C@@H]1CC(=O)O[C@]1(C)C(=O)C[n+]1cc(Br)cc(Br)c1. The highest BCUT2D eigenvalue weighted by Gasteiger charge is 2.51. The molecule has 0 saturated carbocycles. The lowest BCUT2D eigenvalue weighted by molar-refractivity contribution is -0.686. The van der Waals surface area contributed by atoms with Crippen molar-refractivity contribution < 1.29 is 18.9 Å². The Kier molecular flexibility index (Phi) is 5.77. The van der Waals surface area contributed by atoms with Gasteiger partial charge in [-0.1, -0.05) is 19.8 Å². The molecule has 2 atom stereocenters. The fourth-order valence-corrected chi connectivity index (χ4v) is 4.17. The van der Waals surface area contributed by atoms with E-state index in [9.17, 15) is 9.59 Å². The van der Waals surface area contributed by atoms with Crippen molar-refractivity contribution in [3.05, 3.63) is 27.4 Å². The molecular formula is C16H20Br2NO3+. The monoisotopic (exact) mass is 432 g/mol. The van der Waals surface area contributed by atoms with Gasteiger partial charge in [-0.3, -0.25) is 9.59 Å². The maximum atomic E-state index is 12.7. The summed E-state index contributed by atoms with van der Waals surface area (Å²) in [5.74, 6) is -0.351. The Morgan fingerprint density at radius 3 is 2.64 bits per heavy atom. The van der Waals surface area contributed by atoms with E-state index in [1.807, 2.05) is 18.5 Å². The van der Waals surface area contributed by atoms with Gasteiger partial charge >= 0.3 is 5.97 Å². The largest absolute Gasteiger partial charge is 0.451 e. The number of ether oxygens (including phenoxy) is 1. The van der Waals surface area contributed by atoms with Crippen LogP contribution in [-0.4, -0.2) is 17.4 Å². The molecule has 0 amide bonds. The van der Waals surface area contributed by atoms with Gasteiger partial charge in [-0.25, -0.2) is 0 Å². The van der Waals surface area contributed by atoms with Crippen LogP contribution < -0.4 is 4.57 Å². The molecule has 0 unspecified atom stereocenters. The summed E-state index contributed by atoms with van der Waals surface area (Å²) in [6.45, 7) is 4.05. The Hall–Kier alpha value is -0.750. The molecule has 2 rings (SSSR count). The molecule has 0 spiro atoms. The summed E-state index contributed by atoms with van der Waals surface area (Å²) in [4.78, 5) is 24.5. The standard InChI is InChI=1S/C16H20Br2NO3/c1-3-4-5-11-6-15(21)22-16(11,2)14(20)10-19-8-12(17)7-13(18)9-19/h7-9,11H,3-6,10H2,1-2H3/q+1/t11-,16+/m1/s1. The highest BCUT2D eigenvalue weighted by molar-refractivity contribution is 9.11. The zero-order valence-corrected chi connectivity index (χ0v) is 15.9. The number of unbranched alkanes of at least 4 members (excludes halogenated alkanes) is 1. The molecule has 1 aliphatic rings. The minimum Gasteiger partial charge on any atom is -0.451 e. The lowest BCUT2D eigenvalue weighted by atomic mass is 9.82. The Bertz CT molecular complexity index is 571. The Morgan fingerprint density at radius 1 is 1.41 bits per heavy atom.